The first kappa shape index (κ1) is 16.1. The zero-order valence-electron chi connectivity index (χ0n) is 9.99. The molecule has 0 fully saturated rings. The minimum Gasteiger partial charge on any atom is -0.443 e. The summed E-state index contributed by atoms with van der Waals surface area (Å²) in [6.45, 7) is 5.37. The SMILES string of the molecule is CC(C)(C)OC(=O)NNC(=O)CCN=[P+](N)Cl. The number of carbonyl (C=O) groups is 2. The molecule has 7 nitrogen and oxygen atoms in total. The Balaban J connectivity index is 3.78. The van der Waals surface area contributed by atoms with E-state index in [0.717, 1.165) is 0 Å². The number of hydrogen-bond acceptors (Lipinski definition) is 4. The molecule has 0 rings (SSSR count). The topological polar surface area (TPSA) is 106 Å². The van der Waals surface area contributed by atoms with Crippen molar-refractivity contribution in [2.45, 2.75) is 32.8 Å². The lowest BCUT2D eigenvalue weighted by Crippen LogP contribution is -2.44. The van der Waals surface area contributed by atoms with Crippen LogP contribution in [0, 0.1) is 0 Å². The number of halogens is 1. The molecule has 1 unspecified atom stereocenters. The molecule has 0 aromatic carbocycles. The highest BCUT2D eigenvalue weighted by atomic mass is 35.7. The largest absolute Gasteiger partial charge is 0.443 e. The van der Waals surface area contributed by atoms with Gasteiger partial charge in [-0.15, -0.1) is 5.50 Å². The highest BCUT2D eigenvalue weighted by Gasteiger charge is 2.16. The third-order valence-corrected chi connectivity index (χ3v) is 2.07. The van der Waals surface area contributed by atoms with E-state index >= 15 is 0 Å². The average molecular weight is 284 g/mol. The molecule has 0 saturated carbocycles. The molecule has 0 heterocycles. The molecule has 9 heteroatoms. The Kier molecular flexibility index (Phi) is 7.03. The van der Waals surface area contributed by atoms with E-state index < -0.39 is 24.8 Å². The number of ether oxygens (including phenoxy) is 1. The van der Waals surface area contributed by atoms with Gasteiger partial charge in [-0.3, -0.25) is 10.2 Å². The average Bonchev–Trinajstić information content (AvgIpc) is 2.11. The van der Waals surface area contributed by atoms with Gasteiger partial charge in [-0.1, -0.05) is 4.74 Å². The first-order valence-corrected chi connectivity index (χ1v) is 7.13. The van der Waals surface area contributed by atoms with Crippen LogP contribution in [0.2, 0.25) is 0 Å². The number of nitrogens with zero attached hydrogens (tertiary/aromatic N) is 1. The van der Waals surface area contributed by atoms with Crippen LogP contribution in [0.3, 0.4) is 0 Å². The van der Waals surface area contributed by atoms with E-state index in [1.165, 1.54) is 0 Å². The summed E-state index contributed by atoms with van der Waals surface area (Å²) in [5.41, 5.74) is 8.89. The van der Waals surface area contributed by atoms with Crippen molar-refractivity contribution in [2.75, 3.05) is 6.54 Å². The van der Waals surface area contributed by atoms with Crippen LogP contribution >= 0.6 is 18.5 Å². The number of nitrogens with two attached hydrogens (primary N) is 1. The van der Waals surface area contributed by atoms with Gasteiger partial charge in [-0.2, -0.15) is 0 Å². The molecule has 2 amide bonds. The molecular weight excluding hydrogens is 267 g/mol. The van der Waals surface area contributed by atoms with Crippen molar-refractivity contribution in [3.05, 3.63) is 0 Å². The molecule has 98 valence electrons. The van der Waals surface area contributed by atoms with Crippen molar-refractivity contribution in [3.8, 4) is 0 Å². The number of hydrazine groups is 1. The molecule has 0 saturated heterocycles. The molecule has 0 bridgehead atoms. The van der Waals surface area contributed by atoms with Crippen molar-refractivity contribution in [2.24, 2.45) is 10.2 Å². The van der Waals surface area contributed by atoms with Crippen molar-refractivity contribution in [3.63, 3.8) is 0 Å². The summed E-state index contributed by atoms with van der Waals surface area (Å²) in [6.07, 6.45) is -0.625. The summed E-state index contributed by atoms with van der Waals surface area (Å²) in [6, 6.07) is 0. The molecule has 0 radical (unpaired) electrons. The monoisotopic (exact) mass is 283 g/mol. The van der Waals surface area contributed by atoms with Crippen molar-refractivity contribution in [1.82, 2.24) is 10.9 Å². The van der Waals surface area contributed by atoms with Crippen LogP contribution in [-0.2, 0) is 9.53 Å². The standard InChI is InChI=1S/C8H16ClN4O3P/c1-8(2,3)16-7(15)13-12-6(14)4-5-11-17(9)10/h4-5H2,1-3H3,(H3-,10,11,12,13,14,15)/p+1. The van der Waals surface area contributed by atoms with Crippen LogP contribution in [0.5, 0.6) is 0 Å². The minimum absolute atomic E-state index is 0.0958. The van der Waals surface area contributed by atoms with E-state index in [0.29, 0.717) is 0 Å². The first-order chi connectivity index (χ1) is 7.70. The normalized spacial score (nSPS) is 11.9. The van der Waals surface area contributed by atoms with Gasteiger partial charge in [-0.25, -0.2) is 10.2 Å². The lowest BCUT2D eigenvalue weighted by Gasteiger charge is -2.19. The zero-order chi connectivity index (χ0) is 13.5. The van der Waals surface area contributed by atoms with Crippen LogP contribution in [0.4, 0.5) is 4.79 Å². The molecule has 0 spiro atoms. The summed E-state index contributed by atoms with van der Waals surface area (Å²) in [4.78, 5) is 22.3. The smallest absolute Gasteiger partial charge is 0.426 e. The summed E-state index contributed by atoms with van der Waals surface area (Å²) in [5, 5.41) is 0. The van der Waals surface area contributed by atoms with Gasteiger partial charge >= 0.3 is 13.3 Å². The number of carbonyl (C=O) groups excluding carboxylic acids is 2. The van der Waals surface area contributed by atoms with Gasteiger partial charge in [0.25, 0.3) is 0 Å². The van der Waals surface area contributed by atoms with E-state index in [2.05, 4.69) is 15.6 Å². The number of nitrogens with one attached hydrogen (secondary N) is 2. The van der Waals surface area contributed by atoms with E-state index in [-0.39, 0.29) is 13.0 Å². The molecule has 4 N–H and O–H groups in total. The lowest BCUT2D eigenvalue weighted by molar-refractivity contribution is -0.121. The van der Waals surface area contributed by atoms with Gasteiger partial charge in [0.05, 0.1) is 13.0 Å². The van der Waals surface area contributed by atoms with Gasteiger partial charge in [0, 0.05) is 0 Å². The quantitative estimate of drug-likeness (QED) is 0.540. The molecule has 1 atom stereocenters. The second-order valence-electron chi connectivity index (χ2n) is 4.08. The maximum Gasteiger partial charge on any atom is 0.426 e. The molecule has 0 aliphatic heterocycles. The van der Waals surface area contributed by atoms with Crippen LogP contribution in [0.1, 0.15) is 27.2 Å². The highest BCUT2D eigenvalue weighted by molar-refractivity contribution is 7.73. The van der Waals surface area contributed by atoms with Gasteiger partial charge in [0.2, 0.25) is 17.1 Å². The van der Waals surface area contributed by atoms with Crippen LogP contribution < -0.4 is 16.4 Å². The van der Waals surface area contributed by atoms with Crippen LogP contribution in [0.25, 0.3) is 0 Å². The maximum absolute atomic E-state index is 11.2. The predicted octanol–water partition coefficient (Wildman–Crippen LogP) is 1.63. The fraction of sp³-hybridized carbons (Fsp3) is 0.750. The Morgan fingerprint density at radius 3 is 2.47 bits per heavy atom. The minimum atomic E-state index is -1.37. The molecule has 17 heavy (non-hydrogen) atoms. The van der Waals surface area contributed by atoms with Crippen LogP contribution in [0.15, 0.2) is 4.74 Å². The van der Waals surface area contributed by atoms with Gasteiger partial charge in [0.1, 0.15) is 5.60 Å². The van der Waals surface area contributed by atoms with Crippen molar-refractivity contribution >= 4 is 30.5 Å². The van der Waals surface area contributed by atoms with Crippen LogP contribution in [-0.4, -0.2) is 24.1 Å². The number of hydrogen-bond donors (Lipinski definition) is 3. The summed E-state index contributed by atoms with van der Waals surface area (Å²) in [7, 11) is -1.37. The van der Waals surface area contributed by atoms with Gasteiger partial charge < -0.3 is 4.74 Å². The molecule has 0 aromatic rings. The fourth-order valence-electron chi connectivity index (χ4n) is 0.734. The first-order valence-electron chi connectivity index (χ1n) is 4.86. The zero-order valence-corrected chi connectivity index (χ0v) is 11.6. The number of amides is 2. The summed E-state index contributed by atoms with van der Waals surface area (Å²) in [5.74, 6) is -0.395. The Bertz CT molecular complexity index is 312. The Hall–Kier alpha value is -0.910. The van der Waals surface area contributed by atoms with E-state index in [4.69, 9.17) is 21.5 Å². The maximum atomic E-state index is 11.2. The third kappa shape index (κ3) is 11.4. The van der Waals surface area contributed by atoms with Crippen molar-refractivity contribution in [1.29, 1.82) is 0 Å². The Morgan fingerprint density at radius 2 is 2.00 bits per heavy atom. The van der Waals surface area contributed by atoms with Gasteiger partial charge in [0.15, 0.2) is 0 Å². The Morgan fingerprint density at radius 1 is 1.41 bits per heavy atom. The van der Waals surface area contributed by atoms with Gasteiger partial charge in [-0.05, 0) is 20.8 Å². The third-order valence-electron chi connectivity index (χ3n) is 1.28. The number of rotatable bonds is 3. The summed E-state index contributed by atoms with van der Waals surface area (Å²) < 4.78 is 8.66. The van der Waals surface area contributed by atoms with E-state index in [1.807, 2.05) is 0 Å². The fourth-order valence-corrected chi connectivity index (χ4v) is 1.25. The molecular formula is C8H17ClN4O3P+. The second-order valence-corrected chi connectivity index (χ2v) is 5.98. The van der Waals surface area contributed by atoms with Crippen molar-refractivity contribution < 1.29 is 14.3 Å². The predicted molar refractivity (Wildman–Crippen MR) is 66.4 cm³/mol. The second kappa shape index (κ2) is 7.42. The molecule has 0 aromatic heterocycles. The molecule has 0 aliphatic carbocycles. The summed E-state index contributed by atoms with van der Waals surface area (Å²) >= 11 is 5.42. The lowest BCUT2D eigenvalue weighted by atomic mass is 10.2. The highest BCUT2D eigenvalue weighted by Crippen LogP contribution is 2.19. The van der Waals surface area contributed by atoms with E-state index in [1.54, 1.807) is 20.8 Å². The van der Waals surface area contributed by atoms with E-state index in [9.17, 15) is 9.59 Å². The molecule has 0 aliphatic rings. The Labute approximate surface area is 106 Å².